The second kappa shape index (κ2) is 5.91. The van der Waals surface area contributed by atoms with Crippen LogP contribution in [0, 0.1) is 6.92 Å². The highest BCUT2D eigenvalue weighted by Crippen LogP contribution is 2.38. The van der Waals surface area contributed by atoms with E-state index in [1.54, 1.807) is 14.0 Å². The molecule has 2 rings (SSSR count). The highest BCUT2D eigenvalue weighted by molar-refractivity contribution is 5.40. The standard InChI is InChI=1S/C16H24FNO/c1-12-7-8-15(19-3)14(10-12)16(2,17)11-13-6-4-5-9-18-13/h7-8,10,13,18H,4-6,9,11H2,1-3H3. The summed E-state index contributed by atoms with van der Waals surface area (Å²) in [6.45, 7) is 4.66. The number of alkyl halides is 1. The molecular weight excluding hydrogens is 241 g/mol. The molecule has 2 atom stereocenters. The van der Waals surface area contributed by atoms with Gasteiger partial charge in [-0.1, -0.05) is 18.1 Å². The third-order valence-corrected chi connectivity index (χ3v) is 3.96. The molecule has 1 heterocycles. The van der Waals surface area contributed by atoms with Crippen molar-refractivity contribution in [2.45, 2.75) is 51.2 Å². The van der Waals surface area contributed by atoms with Crippen LogP contribution in [0.2, 0.25) is 0 Å². The molecule has 2 unspecified atom stereocenters. The van der Waals surface area contributed by atoms with Crippen LogP contribution in [0.25, 0.3) is 0 Å². The van der Waals surface area contributed by atoms with E-state index in [0.29, 0.717) is 17.7 Å². The normalized spacial score (nSPS) is 22.8. The van der Waals surface area contributed by atoms with E-state index >= 15 is 4.39 Å². The minimum Gasteiger partial charge on any atom is -0.496 e. The molecule has 1 fully saturated rings. The molecule has 1 aromatic carbocycles. The molecule has 0 aliphatic carbocycles. The summed E-state index contributed by atoms with van der Waals surface area (Å²) < 4.78 is 20.4. The van der Waals surface area contributed by atoms with Crippen molar-refractivity contribution in [3.05, 3.63) is 29.3 Å². The molecule has 106 valence electrons. The first kappa shape index (κ1) is 14.3. The zero-order valence-electron chi connectivity index (χ0n) is 12.1. The highest BCUT2D eigenvalue weighted by atomic mass is 19.1. The fraction of sp³-hybridized carbons (Fsp3) is 0.625. The number of benzene rings is 1. The summed E-state index contributed by atoms with van der Waals surface area (Å²) >= 11 is 0. The Balaban J connectivity index is 2.19. The Hall–Kier alpha value is -1.09. The van der Waals surface area contributed by atoms with Crippen molar-refractivity contribution in [1.82, 2.24) is 5.32 Å². The van der Waals surface area contributed by atoms with E-state index in [0.717, 1.165) is 18.5 Å². The van der Waals surface area contributed by atoms with Crippen LogP contribution in [0.15, 0.2) is 18.2 Å². The quantitative estimate of drug-likeness (QED) is 0.896. The van der Waals surface area contributed by atoms with Gasteiger partial charge in [-0.2, -0.15) is 0 Å². The molecule has 1 aromatic rings. The van der Waals surface area contributed by atoms with E-state index in [2.05, 4.69) is 5.32 Å². The Bertz CT molecular complexity index is 425. The molecule has 1 aliphatic heterocycles. The van der Waals surface area contributed by atoms with E-state index in [-0.39, 0.29) is 6.04 Å². The number of rotatable bonds is 4. The first-order valence-corrected chi connectivity index (χ1v) is 7.10. The summed E-state index contributed by atoms with van der Waals surface area (Å²) in [6.07, 6.45) is 3.96. The monoisotopic (exact) mass is 265 g/mol. The van der Waals surface area contributed by atoms with Gasteiger partial charge in [0.15, 0.2) is 0 Å². The summed E-state index contributed by atoms with van der Waals surface area (Å²) in [5.41, 5.74) is 0.380. The third kappa shape index (κ3) is 3.47. The van der Waals surface area contributed by atoms with Gasteiger partial charge in [0, 0.05) is 18.0 Å². The number of methoxy groups -OCH3 is 1. The fourth-order valence-corrected chi connectivity index (χ4v) is 2.90. The second-order valence-corrected chi connectivity index (χ2v) is 5.75. The lowest BCUT2D eigenvalue weighted by Crippen LogP contribution is -2.38. The number of hydrogen-bond donors (Lipinski definition) is 1. The lowest BCUT2D eigenvalue weighted by Gasteiger charge is -2.31. The van der Waals surface area contributed by atoms with Crippen molar-refractivity contribution >= 4 is 0 Å². The van der Waals surface area contributed by atoms with Crippen LogP contribution in [0.4, 0.5) is 4.39 Å². The van der Waals surface area contributed by atoms with E-state index < -0.39 is 5.67 Å². The van der Waals surface area contributed by atoms with Crippen LogP contribution in [-0.4, -0.2) is 19.7 Å². The summed E-state index contributed by atoms with van der Waals surface area (Å²) in [4.78, 5) is 0. The molecule has 1 aliphatic rings. The molecule has 0 aromatic heterocycles. The molecule has 0 saturated carbocycles. The maximum Gasteiger partial charge on any atom is 0.138 e. The van der Waals surface area contributed by atoms with E-state index in [9.17, 15) is 0 Å². The number of aryl methyl sites for hydroxylation is 1. The van der Waals surface area contributed by atoms with Crippen LogP contribution >= 0.6 is 0 Å². The minimum atomic E-state index is -1.35. The fourth-order valence-electron chi connectivity index (χ4n) is 2.90. The van der Waals surface area contributed by atoms with Crippen molar-refractivity contribution in [2.75, 3.05) is 13.7 Å². The maximum atomic E-state index is 15.1. The van der Waals surface area contributed by atoms with Gasteiger partial charge in [0.25, 0.3) is 0 Å². The van der Waals surface area contributed by atoms with Crippen molar-refractivity contribution in [1.29, 1.82) is 0 Å². The van der Waals surface area contributed by atoms with Gasteiger partial charge >= 0.3 is 0 Å². The Morgan fingerprint density at radius 1 is 1.42 bits per heavy atom. The van der Waals surface area contributed by atoms with Crippen LogP contribution in [0.3, 0.4) is 0 Å². The van der Waals surface area contributed by atoms with Crippen molar-refractivity contribution in [2.24, 2.45) is 0 Å². The lowest BCUT2D eigenvalue weighted by atomic mass is 9.86. The van der Waals surface area contributed by atoms with Gasteiger partial charge in [-0.05, 0) is 45.4 Å². The van der Waals surface area contributed by atoms with Crippen LogP contribution in [0.1, 0.15) is 43.7 Å². The number of piperidine rings is 1. The lowest BCUT2D eigenvalue weighted by molar-refractivity contribution is 0.142. The van der Waals surface area contributed by atoms with Gasteiger partial charge in [-0.15, -0.1) is 0 Å². The maximum absolute atomic E-state index is 15.1. The van der Waals surface area contributed by atoms with E-state index in [4.69, 9.17) is 4.74 Å². The van der Waals surface area contributed by atoms with Gasteiger partial charge in [0.2, 0.25) is 0 Å². The van der Waals surface area contributed by atoms with Crippen LogP contribution in [-0.2, 0) is 5.67 Å². The molecule has 0 spiro atoms. The Labute approximate surface area is 115 Å². The average molecular weight is 265 g/mol. The number of ether oxygens (including phenoxy) is 1. The highest BCUT2D eigenvalue weighted by Gasteiger charge is 2.33. The van der Waals surface area contributed by atoms with Crippen molar-refractivity contribution in [3.8, 4) is 5.75 Å². The Morgan fingerprint density at radius 3 is 2.84 bits per heavy atom. The molecule has 1 N–H and O–H groups in total. The van der Waals surface area contributed by atoms with Gasteiger partial charge in [0.1, 0.15) is 11.4 Å². The topological polar surface area (TPSA) is 21.3 Å². The molecular formula is C16H24FNO. The summed E-state index contributed by atoms with van der Waals surface area (Å²) in [5, 5.41) is 3.42. The average Bonchev–Trinajstić information content (AvgIpc) is 2.39. The SMILES string of the molecule is COc1ccc(C)cc1C(C)(F)CC1CCCCN1. The number of halogens is 1. The van der Waals surface area contributed by atoms with Crippen molar-refractivity contribution in [3.63, 3.8) is 0 Å². The zero-order chi connectivity index (χ0) is 13.9. The minimum absolute atomic E-state index is 0.272. The van der Waals surface area contributed by atoms with Gasteiger partial charge in [-0.3, -0.25) is 0 Å². The number of hydrogen-bond acceptors (Lipinski definition) is 2. The summed E-state index contributed by atoms with van der Waals surface area (Å²) in [5.74, 6) is 0.645. The van der Waals surface area contributed by atoms with E-state index in [1.807, 2.05) is 25.1 Å². The molecule has 0 bridgehead atoms. The molecule has 0 radical (unpaired) electrons. The molecule has 0 amide bonds. The van der Waals surface area contributed by atoms with Crippen LogP contribution in [0.5, 0.6) is 5.75 Å². The number of nitrogens with one attached hydrogen (secondary N) is 1. The third-order valence-electron chi connectivity index (χ3n) is 3.96. The van der Waals surface area contributed by atoms with Crippen LogP contribution < -0.4 is 10.1 Å². The summed E-state index contributed by atoms with van der Waals surface area (Å²) in [6, 6.07) is 5.99. The largest absolute Gasteiger partial charge is 0.496 e. The molecule has 19 heavy (non-hydrogen) atoms. The predicted octanol–water partition coefficient (Wildman–Crippen LogP) is 3.72. The smallest absolute Gasteiger partial charge is 0.138 e. The second-order valence-electron chi connectivity index (χ2n) is 5.75. The Kier molecular flexibility index (Phi) is 4.46. The zero-order valence-corrected chi connectivity index (χ0v) is 12.1. The first-order chi connectivity index (χ1) is 9.03. The molecule has 2 nitrogen and oxygen atoms in total. The molecule has 3 heteroatoms. The molecule has 1 saturated heterocycles. The van der Waals surface area contributed by atoms with Crippen molar-refractivity contribution < 1.29 is 9.13 Å². The van der Waals surface area contributed by atoms with Gasteiger partial charge in [-0.25, -0.2) is 4.39 Å². The summed E-state index contributed by atoms with van der Waals surface area (Å²) in [7, 11) is 1.60. The van der Waals surface area contributed by atoms with Gasteiger partial charge < -0.3 is 10.1 Å². The van der Waals surface area contributed by atoms with E-state index in [1.165, 1.54) is 12.8 Å². The predicted molar refractivity (Wildman–Crippen MR) is 76.4 cm³/mol. The van der Waals surface area contributed by atoms with Gasteiger partial charge in [0.05, 0.1) is 7.11 Å². The Morgan fingerprint density at radius 2 is 2.21 bits per heavy atom. The first-order valence-electron chi connectivity index (χ1n) is 7.10.